The van der Waals surface area contributed by atoms with Crippen LogP contribution in [0, 0.1) is 0 Å². The lowest BCUT2D eigenvalue weighted by atomic mass is 10.4. The highest BCUT2D eigenvalue weighted by atomic mass is 32.1. The number of rotatable bonds is 5. The molecule has 2 aromatic heterocycles. The van der Waals surface area contributed by atoms with Gasteiger partial charge in [-0.15, -0.1) is 11.3 Å². The van der Waals surface area contributed by atoms with Crippen LogP contribution in [0.2, 0.25) is 0 Å². The molecule has 0 fully saturated rings. The summed E-state index contributed by atoms with van der Waals surface area (Å²) in [5.41, 5.74) is 6.32. The monoisotopic (exact) mass is 248 g/mol. The Labute approximate surface area is 105 Å². The van der Waals surface area contributed by atoms with Crippen LogP contribution in [-0.4, -0.2) is 16.5 Å². The summed E-state index contributed by atoms with van der Waals surface area (Å²) in [5.74, 6) is 0.901. The second-order valence-corrected chi connectivity index (χ2v) is 4.70. The maximum Gasteiger partial charge on any atom is 0.147 e. The van der Waals surface area contributed by atoms with Gasteiger partial charge in [0.25, 0.3) is 0 Å². The summed E-state index contributed by atoms with van der Waals surface area (Å²) >= 11 is 1.76. The Hall–Kier alpha value is -1.46. The Kier molecular flexibility index (Phi) is 4.06. The van der Waals surface area contributed by atoms with E-state index in [9.17, 15) is 0 Å². The van der Waals surface area contributed by atoms with Gasteiger partial charge in [0.1, 0.15) is 5.82 Å². The van der Waals surface area contributed by atoms with E-state index in [0.717, 1.165) is 24.6 Å². The number of hydrogen-bond acceptors (Lipinski definition) is 5. The molecule has 17 heavy (non-hydrogen) atoms. The number of anilines is 1. The van der Waals surface area contributed by atoms with Gasteiger partial charge in [0.2, 0.25) is 0 Å². The molecule has 0 amide bonds. The first-order chi connectivity index (χ1) is 8.33. The van der Waals surface area contributed by atoms with Crippen molar-refractivity contribution in [3.63, 3.8) is 0 Å². The van der Waals surface area contributed by atoms with E-state index in [1.807, 2.05) is 0 Å². The van der Waals surface area contributed by atoms with Gasteiger partial charge in [-0.2, -0.15) is 0 Å². The summed E-state index contributed by atoms with van der Waals surface area (Å²) in [7, 11) is 0. The first-order valence-electron chi connectivity index (χ1n) is 5.61. The Balaban J connectivity index is 2.11. The third-order valence-electron chi connectivity index (χ3n) is 2.53. The van der Waals surface area contributed by atoms with Crippen molar-refractivity contribution < 1.29 is 0 Å². The number of nitrogens with zero attached hydrogens (tertiary/aromatic N) is 3. The summed E-state index contributed by atoms with van der Waals surface area (Å²) in [6, 6.07) is 4.20. The quantitative estimate of drug-likeness (QED) is 0.879. The molecule has 0 bridgehead atoms. The summed E-state index contributed by atoms with van der Waals surface area (Å²) in [6.07, 6.45) is 3.53. The van der Waals surface area contributed by atoms with Crippen LogP contribution >= 0.6 is 11.3 Å². The van der Waals surface area contributed by atoms with E-state index in [-0.39, 0.29) is 0 Å². The van der Waals surface area contributed by atoms with Gasteiger partial charge in [-0.25, -0.2) is 4.98 Å². The van der Waals surface area contributed by atoms with Crippen LogP contribution in [0.5, 0.6) is 0 Å². The van der Waals surface area contributed by atoms with Gasteiger partial charge in [0.05, 0.1) is 24.6 Å². The van der Waals surface area contributed by atoms with Crippen LogP contribution in [0.25, 0.3) is 0 Å². The Morgan fingerprint density at radius 3 is 2.76 bits per heavy atom. The van der Waals surface area contributed by atoms with Crippen molar-refractivity contribution in [3.05, 3.63) is 40.5 Å². The first-order valence-corrected chi connectivity index (χ1v) is 6.49. The van der Waals surface area contributed by atoms with Crippen LogP contribution in [0.4, 0.5) is 5.82 Å². The normalized spacial score (nSPS) is 10.5. The summed E-state index contributed by atoms with van der Waals surface area (Å²) in [4.78, 5) is 12.2. The minimum absolute atomic E-state index is 0.435. The molecule has 2 N–H and O–H groups in total. The number of nitrogens with two attached hydrogens (primary N) is 1. The average Bonchev–Trinajstić information content (AvgIpc) is 2.89. The third-order valence-corrected chi connectivity index (χ3v) is 3.39. The number of aromatic nitrogens is 2. The maximum atomic E-state index is 5.50. The number of hydrogen-bond donors (Lipinski definition) is 1. The molecule has 2 heterocycles. The molecule has 0 aliphatic carbocycles. The molecule has 0 saturated carbocycles. The highest BCUT2D eigenvalue weighted by Crippen LogP contribution is 2.16. The van der Waals surface area contributed by atoms with Crippen LogP contribution < -0.4 is 10.6 Å². The van der Waals surface area contributed by atoms with Gasteiger partial charge in [-0.3, -0.25) is 4.98 Å². The van der Waals surface area contributed by atoms with Crippen molar-refractivity contribution >= 4 is 17.2 Å². The summed E-state index contributed by atoms with van der Waals surface area (Å²) < 4.78 is 0. The lowest BCUT2D eigenvalue weighted by molar-refractivity contribution is 0.811. The summed E-state index contributed by atoms with van der Waals surface area (Å²) in [6.45, 7) is 4.34. The van der Waals surface area contributed by atoms with Crippen LogP contribution in [0.1, 0.15) is 17.5 Å². The van der Waals surface area contributed by atoms with E-state index in [1.54, 1.807) is 23.7 Å². The third kappa shape index (κ3) is 3.01. The van der Waals surface area contributed by atoms with Gasteiger partial charge in [0, 0.05) is 18.0 Å². The zero-order valence-corrected chi connectivity index (χ0v) is 10.7. The molecular weight excluding hydrogens is 232 g/mol. The molecule has 90 valence electrons. The van der Waals surface area contributed by atoms with Crippen molar-refractivity contribution in [1.29, 1.82) is 0 Å². The molecule has 0 aromatic carbocycles. The van der Waals surface area contributed by atoms with Crippen molar-refractivity contribution in [1.82, 2.24) is 9.97 Å². The summed E-state index contributed by atoms with van der Waals surface area (Å²) in [5, 5.41) is 2.09. The highest BCUT2D eigenvalue weighted by Gasteiger charge is 2.07. The van der Waals surface area contributed by atoms with Gasteiger partial charge in [-0.1, -0.05) is 6.07 Å². The molecule has 0 aliphatic rings. The minimum atomic E-state index is 0.435. The van der Waals surface area contributed by atoms with E-state index in [4.69, 9.17) is 5.73 Å². The van der Waals surface area contributed by atoms with Crippen molar-refractivity contribution in [3.8, 4) is 0 Å². The molecule has 4 nitrogen and oxygen atoms in total. The smallest absolute Gasteiger partial charge is 0.147 e. The average molecular weight is 248 g/mol. The highest BCUT2D eigenvalue weighted by molar-refractivity contribution is 7.09. The van der Waals surface area contributed by atoms with Crippen molar-refractivity contribution in [2.45, 2.75) is 20.0 Å². The minimum Gasteiger partial charge on any atom is -0.350 e. The van der Waals surface area contributed by atoms with Crippen molar-refractivity contribution in [2.24, 2.45) is 5.73 Å². The van der Waals surface area contributed by atoms with E-state index in [0.29, 0.717) is 6.54 Å². The fourth-order valence-electron chi connectivity index (χ4n) is 1.56. The second-order valence-electron chi connectivity index (χ2n) is 3.66. The largest absolute Gasteiger partial charge is 0.350 e. The zero-order chi connectivity index (χ0) is 12.1. The molecule has 0 unspecified atom stereocenters. The molecule has 0 aliphatic heterocycles. The topological polar surface area (TPSA) is 55.0 Å². The van der Waals surface area contributed by atoms with Crippen LogP contribution in [0.3, 0.4) is 0 Å². The van der Waals surface area contributed by atoms with Crippen LogP contribution in [-0.2, 0) is 13.1 Å². The predicted molar refractivity (Wildman–Crippen MR) is 71.0 cm³/mol. The van der Waals surface area contributed by atoms with E-state index < -0.39 is 0 Å². The molecule has 0 spiro atoms. The number of thiophene rings is 1. The van der Waals surface area contributed by atoms with E-state index >= 15 is 0 Å². The van der Waals surface area contributed by atoms with Gasteiger partial charge in [-0.05, 0) is 18.4 Å². The zero-order valence-electron chi connectivity index (χ0n) is 9.84. The molecule has 5 heteroatoms. The fourth-order valence-corrected chi connectivity index (χ4v) is 2.28. The van der Waals surface area contributed by atoms with Crippen LogP contribution in [0.15, 0.2) is 29.9 Å². The molecular formula is C12H16N4S. The lowest BCUT2D eigenvalue weighted by Gasteiger charge is -2.20. The SMILES string of the molecule is CCN(Cc1cccs1)c1cnc(CN)cn1. The maximum absolute atomic E-state index is 5.50. The van der Waals surface area contributed by atoms with E-state index in [1.165, 1.54) is 4.88 Å². The molecule has 2 rings (SSSR count). The molecule has 0 saturated heterocycles. The Morgan fingerprint density at radius 2 is 2.24 bits per heavy atom. The van der Waals surface area contributed by atoms with Gasteiger partial charge >= 0.3 is 0 Å². The molecule has 0 atom stereocenters. The molecule has 0 radical (unpaired) electrons. The first kappa shape index (κ1) is 12.0. The van der Waals surface area contributed by atoms with Gasteiger partial charge < -0.3 is 10.6 Å². The Morgan fingerprint density at radius 1 is 1.35 bits per heavy atom. The van der Waals surface area contributed by atoms with E-state index in [2.05, 4.69) is 39.3 Å². The fraction of sp³-hybridized carbons (Fsp3) is 0.333. The predicted octanol–water partition coefficient (Wildman–Crippen LogP) is 2.02. The molecule has 2 aromatic rings. The van der Waals surface area contributed by atoms with Crippen molar-refractivity contribution in [2.75, 3.05) is 11.4 Å². The second kappa shape index (κ2) is 5.75. The lowest BCUT2D eigenvalue weighted by Crippen LogP contribution is -2.22. The standard InChI is InChI=1S/C12H16N4S/c1-2-16(9-11-4-3-5-17-11)12-8-14-10(6-13)7-15-12/h3-5,7-8H,2,6,9,13H2,1H3. The Bertz CT molecular complexity index is 438. The van der Waals surface area contributed by atoms with Gasteiger partial charge in [0.15, 0.2) is 0 Å².